The van der Waals surface area contributed by atoms with Gasteiger partial charge in [-0.15, -0.1) is 0 Å². The Balaban J connectivity index is 1.16. The number of para-hydroxylation sites is 1. The Morgan fingerprint density at radius 1 is 0.333 bits per heavy atom. The van der Waals surface area contributed by atoms with E-state index >= 15 is 0 Å². The van der Waals surface area contributed by atoms with Crippen molar-refractivity contribution in [2.45, 2.75) is 6.92 Å². The third kappa shape index (κ3) is 6.86. The summed E-state index contributed by atoms with van der Waals surface area (Å²) < 4.78 is 7.90. The molecule has 0 N–H and O–H groups in total. The summed E-state index contributed by atoms with van der Waals surface area (Å²) in [7, 11) is 0. The molecule has 63 heavy (non-hydrogen) atoms. The molecule has 4 nitrogen and oxygen atoms in total. The second-order valence-corrected chi connectivity index (χ2v) is 24.1. The number of hydrogen-bond donors (Lipinski definition) is 0. The van der Waals surface area contributed by atoms with E-state index in [1.807, 2.05) is 36.4 Å². The molecular formula is C58H42GeN4. The SMILES string of the molecule is Cc1ccc2c(c1)c1ccccc1n2-c1ccc(-c2cc[c]([Ge]([c]3ccccc3)([c]3ccccc3)[c]3ccccc3)cc2)c(-c2nc(-c3ccccc3)nc(-c3ccccc3)n2)c1. The first kappa shape index (κ1) is 38.3. The molecule has 5 heteroatoms. The maximum absolute atomic E-state index is 5.30. The van der Waals surface area contributed by atoms with Crippen LogP contribution in [0, 0.1) is 6.92 Å². The molecule has 11 rings (SSSR count). The molecule has 0 spiro atoms. The molecule has 0 amide bonds. The van der Waals surface area contributed by atoms with Crippen LogP contribution in [0.2, 0.25) is 0 Å². The number of rotatable bonds is 9. The summed E-state index contributed by atoms with van der Waals surface area (Å²) >= 11 is -3.49. The van der Waals surface area contributed by atoms with Crippen molar-refractivity contribution in [3.05, 3.63) is 242 Å². The zero-order chi connectivity index (χ0) is 42.2. The van der Waals surface area contributed by atoms with Crippen LogP contribution in [0.4, 0.5) is 0 Å². The van der Waals surface area contributed by atoms with E-state index < -0.39 is 13.3 Å². The van der Waals surface area contributed by atoms with Crippen LogP contribution < -0.4 is 17.6 Å². The molecule has 0 fully saturated rings. The van der Waals surface area contributed by atoms with E-state index in [1.165, 1.54) is 33.9 Å². The van der Waals surface area contributed by atoms with Crippen molar-refractivity contribution < 1.29 is 0 Å². The van der Waals surface area contributed by atoms with Crippen LogP contribution in [0.5, 0.6) is 0 Å². The molecule has 0 saturated heterocycles. The molecule has 0 radical (unpaired) electrons. The maximum atomic E-state index is 5.30. The van der Waals surface area contributed by atoms with Gasteiger partial charge in [-0.3, -0.25) is 0 Å². The second kappa shape index (κ2) is 16.3. The summed E-state index contributed by atoms with van der Waals surface area (Å²) in [6, 6.07) is 85.4. The Morgan fingerprint density at radius 3 is 1.35 bits per heavy atom. The number of nitrogens with zero attached hydrogens (tertiary/aromatic N) is 4. The van der Waals surface area contributed by atoms with E-state index in [4.69, 9.17) is 15.0 Å². The quantitative estimate of drug-likeness (QED) is 0.136. The Kier molecular flexibility index (Phi) is 9.91. The molecule has 0 aliphatic heterocycles. The van der Waals surface area contributed by atoms with Gasteiger partial charge in [0.05, 0.1) is 0 Å². The van der Waals surface area contributed by atoms with Gasteiger partial charge in [0.1, 0.15) is 0 Å². The van der Waals surface area contributed by atoms with Gasteiger partial charge in [-0.25, -0.2) is 0 Å². The van der Waals surface area contributed by atoms with Crippen molar-refractivity contribution in [1.82, 2.24) is 19.5 Å². The van der Waals surface area contributed by atoms with Gasteiger partial charge in [-0.05, 0) is 6.92 Å². The molecule has 0 bridgehead atoms. The summed E-state index contributed by atoms with van der Waals surface area (Å²) in [5, 5.41) is 2.45. The molecule has 298 valence electrons. The number of benzene rings is 9. The van der Waals surface area contributed by atoms with E-state index in [9.17, 15) is 0 Å². The molecule has 0 saturated carbocycles. The Bertz CT molecular complexity index is 3220. The number of fused-ring (bicyclic) bond motifs is 3. The fourth-order valence-corrected chi connectivity index (χ4v) is 19.3. The fraction of sp³-hybridized carbons (Fsp3) is 0.0172. The fourth-order valence-electron chi connectivity index (χ4n) is 9.37. The molecule has 0 unspecified atom stereocenters. The third-order valence-corrected chi connectivity index (χ3v) is 22.3. The first-order valence-corrected chi connectivity index (χ1v) is 25.6. The zero-order valence-electron chi connectivity index (χ0n) is 34.8. The first-order chi connectivity index (χ1) is 31.1. The number of hydrogen-bond acceptors (Lipinski definition) is 3. The predicted octanol–water partition coefficient (Wildman–Crippen LogP) is 11.3. The van der Waals surface area contributed by atoms with E-state index in [0.717, 1.165) is 44.5 Å². The summed E-state index contributed by atoms with van der Waals surface area (Å²) in [5.41, 5.74) is 9.50. The molecule has 0 aliphatic rings. The van der Waals surface area contributed by atoms with Crippen molar-refractivity contribution >= 4 is 52.7 Å². The van der Waals surface area contributed by atoms with E-state index in [1.54, 1.807) is 0 Å². The summed E-state index contributed by atoms with van der Waals surface area (Å²) in [6.07, 6.45) is 0. The van der Waals surface area contributed by atoms with E-state index in [-0.39, 0.29) is 0 Å². The van der Waals surface area contributed by atoms with Crippen molar-refractivity contribution in [2.75, 3.05) is 0 Å². The van der Waals surface area contributed by atoms with Gasteiger partial charge in [0.2, 0.25) is 0 Å². The Hall–Kier alpha value is -7.67. The van der Waals surface area contributed by atoms with Gasteiger partial charge >= 0.3 is 342 Å². The van der Waals surface area contributed by atoms with Crippen LogP contribution in [0.3, 0.4) is 0 Å². The topological polar surface area (TPSA) is 43.6 Å². The predicted molar refractivity (Wildman–Crippen MR) is 264 cm³/mol. The molecular weight excluding hydrogens is 825 g/mol. The van der Waals surface area contributed by atoms with Crippen LogP contribution in [0.15, 0.2) is 237 Å². The minimum absolute atomic E-state index is 0.616. The van der Waals surface area contributed by atoms with E-state index in [2.05, 4.69) is 212 Å². The zero-order valence-corrected chi connectivity index (χ0v) is 36.9. The van der Waals surface area contributed by atoms with Crippen LogP contribution >= 0.6 is 0 Å². The molecule has 9 aromatic carbocycles. The Labute approximate surface area is 370 Å². The average Bonchev–Trinajstić information content (AvgIpc) is 3.69. The molecule has 2 aromatic heterocycles. The monoisotopic (exact) mass is 868 g/mol. The van der Waals surface area contributed by atoms with Gasteiger partial charge in [0.15, 0.2) is 0 Å². The Morgan fingerprint density at radius 2 is 0.794 bits per heavy atom. The van der Waals surface area contributed by atoms with Crippen molar-refractivity contribution in [2.24, 2.45) is 0 Å². The second-order valence-electron chi connectivity index (χ2n) is 16.1. The van der Waals surface area contributed by atoms with Crippen molar-refractivity contribution in [3.63, 3.8) is 0 Å². The van der Waals surface area contributed by atoms with Gasteiger partial charge in [-0.2, -0.15) is 0 Å². The van der Waals surface area contributed by atoms with Crippen LogP contribution in [-0.4, -0.2) is 32.8 Å². The van der Waals surface area contributed by atoms with Gasteiger partial charge in [-0.1, -0.05) is 23.8 Å². The van der Waals surface area contributed by atoms with Crippen LogP contribution in [0.25, 0.3) is 72.8 Å². The summed E-state index contributed by atoms with van der Waals surface area (Å²) in [5.74, 6) is 1.88. The van der Waals surface area contributed by atoms with Crippen molar-refractivity contribution in [1.29, 1.82) is 0 Å². The standard InChI is InChI=1S/C58H42GeN4/c1-41-31-38-55-52(39-41)51-29-17-18-30-54(51)63(55)49-36-37-50(53(40-49)58-61-56(43-19-7-2-8-20-43)60-57(62-58)44-21-9-3-10-22-44)42-32-34-48(35-33-42)59(45-23-11-4-12-24-45,46-25-13-5-14-26-46)47-27-15-6-16-28-47/h2-40H,1H3. The van der Waals surface area contributed by atoms with Crippen molar-refractivity contribution in [3.8, 4) is 51.0 Å². The number of aromatic nitrogens is 4. The van der Waals surface area contributed by atoms with Crippen LogP contribution in [0.1, 0.15) is 5.56 Å². The van der Waals surface area contributed by atoms with Gasteiger partial charge in [0.25, 0.3) is 0 Å². The summed E-state index contributed by atoms with van der Waals surface area (Å²) in [4.78, 5) is 15.7. The molecule has 0 aliphatic carbocycles. The average molecular weight is 868 g/mol. The van der Waals surface area contributed by atoms with E-state index in [0.29, 0.717) is 17.5 Å². The first-order valence-electron chi connectivity index (χ1n) is 21.4. The molecule has 2 heterocycles. The minimum atomic E-state index is -3.49. The van der Waals surface area contributed by atoms with Gasteiger partial charge < -0.3 is 0 Å². The molecule has 0 atom stereocenters. The summed E-state index contributed by atoms with van der Waals surface area (Å²) in [6.45, 7) is 2.16. The third-order valence-electron chi connectivity index (χ3n) is 12.3. The van der Waals surface area contributed by atoms with Crippen LogP contribution in [-0.2, 0) is 0 Å². The normalized spacial score (nSPS) is 11.6. The molecule has 11 aromatic rings. The van der Waals surface area contributed by atoms with Gasteiger partial charge in [0, 0.05) is 0 Å². The number of aryl methyl sites for hydroxylation is 1.